The average molecular weight is 232 g/mol. The van der Waals surface area contributed by atoms with Gasteiger partial charge in [-0.05, 0) is 12.8 Å². The van der Waals surface area contributed by atoms with Gasteiger partial charge >= 0.3 is 0 Å². The summed E-state index contributed by atoms with van der Waals surface area (Å²) in [5.41, 5.74) is 0. The zero-order valence-electron chi connectivity index (χ0n) is 7.69. The van der Waals surface area contributed by atoms with Crippen molar-refractivity contribution in [2.75, 3.05) is 5.33 Å². The van der Waals surface area contributed by atoms with E-state index in [4.69, 9.17) is 5.26 Å². The Bertz CT molecular complexity index is 117. The van der Waals surface area contributed by atoms with Gasteiger partial charge in [-0.3, -0.25) is 0 Å². The van der Waals surface area contributed by atoms with Gasteiger partial charge < -0.3 is 0 Å². The first-order valence-corrected chi connectivity index (χ1v) is 5.97. The van der Waals surface area contributed by atoms with E-state index in [0.29, 0.717) is 0 Å². The Morgan fingerprint density at radius 2 is 1.33 bits per heavy atom. The van der Waals surface area contributed by atoms with Crippen LogP contribution in [0, 0.1) is 11.3 Å². The molecule has 0 bridgehead atoms. The first-order chi connectivity index (χ1) is 5.91. The van der Waals surface area contributed by atoms with Gasteiger partial charge in [-0.1, -0.05) is 48.0 Å². The fourth-order valence-electron chi connectivity index (χ4n) is 1.18. The predicted molar refractivity (Wildman–Crippen MR) is 56.3 cm³/mol. The van der Waals surface area contributed by atoms with Crippen LogP contribution in [0.1, 0.15) is 51.4 Å². The van der Waals surface area contributed by atoms with Crippen LogP contribution in [0.3, 0.4) is 0 Å². The molecule has 0 saturated carbocycles. The number of hydrogen-bond donors (Lipinski definition) is 0. The molecule has 0 atom stereocenters. The van der Waals surface area contributed by atoms with Crippen LogP contribution in [0.5, 0.6) is 0 Å². The van der Waals surface area contributed by atoms with Gasteiger partial charge in [0.15, 0.2) is 0 Å². The van der Waals surface area contributed by atoms with E-state index in [2.05, 4.69) is 22.0 Å². The number of alkyl halides is 1. The summed E-state index contributed by atoms with van der Waals surface area (Å²) >= 11 is 3.42. The van der Waals surface area contributed by atoms with Gasteiger partial charge in [-0.15, -0.1) is 0 Å². The summed E-state index contributed by atoms with van der Waals surface area (Å²) in [6, 6.07) is 2.17. The minimum absolute atomic E-state index is 0.738. The number of hydrogen-bond acceptors (Lipinski definition) is 1. The predicted octanol–water partition coefficient (Wildman–Crippen LogP) is 4.03. The molecule has 0 radical (unpaired) electrons. The van der Waals surface area contributed by atoms with Crippen molar-refractivity contribution in [1.29, 1.82) is 5.26 Å². The van der Waals surface area contributed by atoms with E-state index in [0.717, 1.165) is 18.2 Å². The Kier molecular flexibility index (Phi) is 10.9. The summed E-state index contributed by atoms with van der Waals surface area (Å²) in [6.07, 6.45) is 9.74. The summed E-state index contributed by atoms with van der Waals surface area (Å²) in [7, 11) is 0. The molecule has 2 heteroatoms. The molecule has 0 aromatic heterocycles. The fraction of sp³-hybridized carbons (Fsp3) is 0.900. The van der Waals surface area contributed by atoms with Crippen molar-refractivity contribution in [3.8, 4) is 6.07 Å². The van der Waals surface area contributed by atoms with Gasteiger partial charge in [-0.25, -0.2) is 0 Å². The molecule has 0 spiro atoms. The highest BCUT2D eigenvalue weighted by Crippen LogP contribution is 2.08. The first kappa shape index (κ1) is 12.0. The fourth-order valence-corrected chi connectivity index (χ4v) is 1.58. The molecule has 0 fully saturated rings. The minimum atomic E-state index is 0.738. The molecule has 0 unspecified atom stereocenters. The van der Waals surface area contributed by atoms with Gasteiger partial charge in [0.25, 0.3) is 0 Å². The molecule has 0 aromatic carbocycles. The molecule has 0 aliphatic heterocycles. The van der Waals surface area contributed by atoms with Gasteiger partial charge in [0, 0.05) is 11.8 Å². The summed E-state index contributed by atoms with van der Waals surface area (Å²) < 4.78 is 0. The molecule has 0 amide bonds. The molecular formula is C10H18BrN. The van der Waals surface area contributed by atoms with Crippen molar-refractivity contribution in [1.82, 2.24) is 0 Å². The zero-order chi connectivity index (χ0) is 9.07. The monoisotopic (exact) mass is 231 g/mol. The Balaban J connectivity index is 2.78. The molecule has 0 rings (SSSR count). The van der Waals surface area contributed by atoms with E-state index in [9.17, 15) is 0 Å². The third-order valence-electron chi connectivity index (χ3n) is 1.92. The second kappa shape index (κ2) is 11.0. The Morgan fingerprint density at radius 1 is 0.833 bits per heavy atom. The Labute approximate surface area is 84.3 Å². The lowest BCUT2D eigenvalue weighted by Gasteiger charge is -1.98. The maximum Gasteiger partial charge on any atom is 0.0621 e. The van der Waals surface area contributed by atoms with Gasteiger partial charge in [0.1, 0.15) is 0 Å². The van der Waals surface area contributed by atoms with Gasteiger partial charge in [0.2, 0.25) is 0 Å². The van der Waals surface area contributed by atoms with Crippen molar-refractivity contribution >= 4 is 15.9 Å². The van der Waals surface area contributed by atoms with Crippen LogP contribution in [0.4, 0.5) is 0 Å². The summed E-state index contributed by atoms with van der Waals surface area (Å²) in [4.78, 5) is 0. The van der Waals surface area contributed by atoms with E-state index in [-0.39, 0.29) is 0 Å². The number of unbranched alkanes of at least 4 members (excludes halogenated alkanes) is 7. The average Bonchev–Trinajstić information content (AvgIpc) is 2.10. The molecule has 0 saturated heterocycles. The molecule has 0 aromatic rings. The second-order valence-corrected chi connectivity index (χ2v) is 3.86. The molecule has 70 valence electrons. The van der Waals surface area contributed by atoms with Crippen LogP contribution >= 0.6 is 15.9 Å². The van der Waals surface area contributed by atoms with Crippen LogP contribution in [0.15, 0.2) is 0 Å². The SMILES string of the molecule is N#CCCCCCCCCCBr. The van der Waals surface area contributed by atoms with Crippen LogP contribution in [0.2, 0.25) is 0 Å². The zero-order valence-corrected chi connectivity index (χ0v) is 9.28. The highest BCUT2D eigenvalue weighted by molar-refractivity contribution is 9.09. The largest absolute Gasteiger partial charge is 0.198 e. The van der Waals surface area contributed by atoms with Crippen molar-refractivity contribution in [2.45, 2.75) is 51.4 Å². The van der Waals surface area contributed by atoms with Crippen LogP contribution < -0.4 is 0 Å². The molecule has 0 aliphatic rings. The van der Waals surface area contributed by atoms with E-state index in [1.165, 1.54) is 38.5 Å². The van der Waals surface area contributed by atoms with E-state index in [1.807, 2.05) is 0 Å². The van der Waals surface area contributed by atoms with Crippen molar-refractivity contribution in [3.63, 3.8) is 0 Å². The number of rotatable bonds is 8. The molecule has 0 aliphatic carbocycles. The maximum atomic E-state index is 8.28. The number of nitrogens with zero attached hydrogens (tertiary/aromatic N) is 1. The van der Waals surface area contributed by atoms with Crippen molar-refractivity contribution in [2.24, 2.45) is 0 Å². The van der Waals surface area contributed by atoms with Crippen LogP contribution in [0.25, 0.3) is 0 Å². The van der Waals surface area contributed by atoms with E-state index >= 15 is 0 Å². The lowest BCUT2D eigenvalue weighted by molar-refractivity contribution is 0.595. The number of halogens is 1. The van der Waals surface area contributed by atoms with Gasteiger partial charge in [0.05, 0.1) is 6.07 Å². The topological polar surface area (TPSA) is 23.8 Å². The van der Waals surface area contributed by atoms with E-state index < -0.39 is 0 Å². The Hall–Kier alpha value is -0.0300. The maximum absolute atomic E-state index is 8.28. The summed E-state index contributed by atoms with van der Waals surface area (Å²) in [5, 5.41) is 9.42. The lowest BCUT2D eigenvalue weighted by atomic mass is 10.1. The second-order valence-electron chi connectivity index (χ2n) is 3.07. The molecule has 0 N–H and O–H groups in total. The Morgan fingerprint density at radius 3 is 1.83 bits per heavy atom. The van der Waals surface area contributed by atoms with Gasteiger partial charge in [-0.2, -0.15) is 5.26 Å². The molecular weight excluding hydrogens is 214 g/mol. The molecule has 0 heterocycles. The normalized spacial score (nSPS) is 9.67. The van der Waals surface area contributed by atoms with Crippen LogP contribution in [-0.4, -0.2) is 5.33 Å². The summed E-state index contributed by atoms with van der Waals surface area (Å²) in [6.45, 7) is 0. The standard InChI is InChI=1S/C10H18BrN/c11-9-7-5-3-1-2-4-6-8-10-12/h1-9H2. The van der Waals surface area contributed by atoms with Crippen molar-refractivity contribution < 1.29 is 0 Å². The minimum Gasteiger partial charge on any atom is -0.198 e. The summed E-state index contributed by atoms with van der Waals surface area (Å²) in [5.74, 6) is 0. The highest BCUT2D eigenvalue weighted by atomic mass is 79.9. The quantitative estimate of drug-likeness (QED) is 0.458. The molecule has 1 nitrogen and oxygen atoms in total. The number of nitriles is 1. The highest BCUT2D eigenvalue weighted by Gasteiger charge is 1.90. The lowest BCUT2D eigenvalue weighted by Crippen LogP contribution is -1.80. The third-order valence-corrected chi connectivity index (χ3v) is 2.48. The van der Waals surface area contributed by atoms with Crippen molar-refractivity contribution in [3.05, 3.63) is 0 Å². The third kappa shape index (κ3) is 9.97. The molecule has 12 heavy (non-hydrogen) atoms. The first-order valence-electron chi connectivity index (χ1n) is 4.84. The van der Waals surface area contributed by atoms with Crippen LogP contribution in [-0.2, 0) is 0 Å². The smallest absolute Gasteiger partial charge is 0.0621 e. The van der Waals surface area contributed by atoms with E-state index in [1.54, 1.807) is 0 Å².